The van der Waals surface area contributed by atoms with Crippen molar-refractivity contribution < 1.29 is 14.4 Å². The zero-order valence-electron chi connectivity index (χ0n) is 19.0. The first-order valence-corrected chi connectivity index (χ1v) is 11.6. The van der Waals surface area contributed by atoms with Crippen LogP contribution in [-0.4, -0.2) is 66.8 Å². The van der Waals surface area contributed by atoms with Crippen molar-refractivity contribution in [2.75, 3.05) is 49.5 Å². The lowest BCUT2D eigenvalue weighted by Crippen LogP contribution is -2.52. The standard InChI is InChI=1S/C25H29ClN4O3/c1-17-5-3-6-18(2)24(17)27-22(31)16-28-9-11-29(12-10-28)25(33)19-13-23(32)30(15-19)21-8-4-7-20(26)14-21/h3-8,14,19H,9-13,15-16H2,1-2H3,(H,27,31). The third kappa shape index (κ3) is 5.37. The normalized spacial score (nSPS) is 19.1. The maximum absolute atomic E-state index is 13.1. The molecule has 0 radical (unpaired) electrons. The van der Waals surface area contributed by atoms with Crippen LogP contribution in [0.1, 0.15) is 17.5 Å². The van der Waals surface area contributed by atoms with Crippen LogP contribution in [0.3, 0.4) is 0 Å². The fraction of sp³-hybridized carbons (Fsp3) is 0.400. The molecule has 174 valence electrons. The van der Waals surface area contributed by atoms with Gasteiger partial charge in [-0.05, 0) is 43.2 Å². The number of aryl methyl sites for hydroxylation is 2. The summed E-state index contributed by atoms with van der Waals surface area (Å²) >= 11 is 6.06. The number of carbonyl (C=O) groups excluding carboxylic acids is 3. The van der Waals surface area contributed by atoms with Crippen LogP contribution in [0.4, 0.5) is 11.4 Å². The van der Waals surface area contributed by atoms with E-state index in [1.165, 1.54) is 0 Å². The van der Waals surface area contributed by atoms with Gasteiger partial charge in [-0.1, -0.05) is 35.9 Å². The molecular weight excluding hydrogens is 440 g/mol. The molecule has 0 saturated carbocycles. The molecule has 0 aliphatic carbocycles. The number of nitrogens with zero attached hydrogens (tertiary/aromatic N) is 3. The van der Waals surface area contributed by atoms with Crippen molar-refractivity contribution in [1.82, 2.24) is 9.80 Å². The molecule has 2 aliphatic rings. The largest absolute Gasteiger partial charge is 0.340 e. The smallest absolute Gasteiger partial charge is 0.238 e. The van der Waals surface area contributed by atoms with E-state index in [-0.39, 0.29) is 30.1 Å². The number of amides is 3. The Morgan fingerprint density at radius 1 is 1.03 bits per heavy atom. The molecule has 0 aromatic heterocycles. The average molecular weight is 469 g/mol. The van der Waals surface area contributed by atoms with Gasteiger partial charge in [0.25, 0.3) is 0 Å². The molecule has 2 aliphatic heterocycles. The number of carbonyl (C=O) groups is 3. The SMILES string of the molecule is Cc1cccc(C)c1NC(=O)CN1CCN(C(=O)C2CC(=O)N(c3cccc(Cl)c3)C2)CC1. The Bertz CT molecular complexity index is 1050. The van der Waals surface area contributed by atoms with E-state index in [4.69, 9.17) is 11.6 Å². The van der Waals surface area contributed by atoms with Gasteiger partial charge in [-0.3, -0.25) is 19.3 Å². The minimum absolute atomic E-state index is 0.00696. The van der Waals surface area contributed by atoms with Crippen LogP contribution in [0.15, 0.2) is 42.5 Å². The average Bonchev–Trinajstić information content (AvgIpc) is 3.18. The van der Waals surface area contributed by atoms with Gasteiger partial charge in [-0.15, -0.1) is 0 Å². The van der Waals surface area contributed by atoms with E-state index in [1.54, 1.807) is 23.1 Å². The molecule has 4 rings (SSSR count). The molecule has 0 spiro atoms. The second kappa shape index (κ2) is 9.93. The summed E-state index contributed by atoms with van der Waals surface area (Å²) in [5.74, 6) is -0.453. The lowest BCUT2D eigenvalue weighted by Gasteiger charge is -2.35. The molecule has 33 heavy (non-hydrogen) atoms. The van der Waals surface area contributed by atoms with E-state index < -0.39 is 0 Å². The summed E-state index contributed by atoms with van der Waals surface area (Å²) in [5.41, 5.74) is 3.67. The van der Waals surface area contributed by atoms with E-state index in [0.717, 1.165) is 22.5 Å². The van der Waals surface area contributed by atoms with E-state index in [1.807, 2.05) is 43.0 Å². The second-order valence-corrected chi connectivity index (χ2v) is 9.24. The highest BCUT2D eigenvalue weighted by molar-refractivity contribution is 6.31. The maximum Gasteiger partial charge on any atom is 0.238 e. The topological polar surface area (TPSA) is 73.0 Å². The van der Waals surface area contributed by atoms with Gasteiger partial charge in [0.15, 0.2) is 0 Å². The number of para-hydroxylation sites is 1. The Hall–Kier alpha value is -2.90. The number of rotatable bonds is 5. The summed E-state index contributed by atoms with van der Waals surface area (Å²) in [7, 11) is 0. The van der Waals surface area contributed by atoms with Gasteiger partial charge < -0.3 is 15.1 Å². The van der Waals surface area contributed by atoms with Crippen molar-refractivity contribution in [3.63, 3.8) is 0 Å². The lowest BCUT2D eigenvalue weighted by molar-refractivity contribution is -0.137. The monoisotopic (exact) mass is 468 g/mol. The van der Waals surface area contributed by atoms with Gasteiger partial charge in [0, 0.05) is 55.5 Å². The van der Waals surface area contributed by atoms with Gasteiger partial charge in [0.2, 0.25) is 17.7 Å². The first-order chi connectivity index (χ1) is 15.8. The summed E-state index contributed by atoms with van der Waals surface area (Å²) in [4.78, 5) is 43.6. The van der Waals surface area contributed by atoms with Gasteiger partial charge in [0.05, 0.1) is 12.5 Å². The highest BCUT2D eigenvalue weighted by Gasteiger charge is 2.38. The van der Waals surface area contributed by atoms with Crippen LogP contribution in [-0.2, 0) is 14.4 Å². The van der Waals surface area contributed by atoms with Crippen LogP contribution in [0.5, 0.6) is 0 Å². The van der Waals surface area contributed by atoms with E-state index in [9.17, 15) is 14.4 Å². The summed E-state index contributed by atoms with van der Waals surface area (Å²) in [5, 5.41) is 3.58. The third-order valence-corrected chi connectivity index (χ3v) is 6.63. The molecule has 7 nitrogen and oxygen atoms in total. The zero-order valence-corrected chi connectivity index (χ0v) is 19.8. The number of nitrogens with one attached hydrogen (secondary N) is 1. The van der Waals surface area contributed by atoms with Crippen molar-refractivity contribution in [2.24, 2.45) is 5.92 Å². The molecule has 2 saturated heterocycles. The van der Waals surface area contributed by atoms with E-state index in [0.29, 0.717) is 44.3 Å². The van der Waals surface area contributed by atoms with E-state index >= 15 is 0 Å². The Kier molecular flexibility index (Phi) is 7.00. The third-order valence-electron chi connectivity index (χ3n) is 6.39. The number of benzene rings is 2. The van der Waals surface area contributed by atoms with Crippen LogP contribution < -0.4 is 10.2 Å². The molecule has 2 heterocycles. The summed E-state index contributed by atoms with van der Waals surface area (Å²) in [6, 6.07) is 13.1. The zero-order chi connectivity index (χ0) is 23.5. The number of anilines is 2. The number of halogens is 1. The van der Waals surface area contributed by atoms with Crippen molar-refractivity contribution in [3.8, 4) is 0 Å². The molecule has 0 bridgehead atoms. The minimum Gasteiger partial charge on any atom is -0.340 e. The van der Waals surface area contributed by atoms with Gasteiger partial charge in [0.1, 0.15) is 0 Å². The Morgan fingerprint density at radius 3 is 2.36 bits per heavy atom. The van der Waals surface area contributed by atoms with Crippen molar-refractivity contribution in [3.05, 3.63) is 58.6 Å². The highest BCUT2D eigenvalue weighted by atomic mass is 35.5. The number of hydrogen-bond donors (Lipinski definition) is 1. The molecule has 2 fully saturated rings. The van der Waals surface area contributed by atoms with Crippen LogP contribution in [0, 0.1) is 19.8 Å². The predicted octanol–water partition coefficient (Wildman–Crippen LogP) is 3.09. The van der Waals surface area contributed by atoms with Crippen molar-refractivity contribution in [2.45, 2.75) is 20.3 Å². The van der Waals surface area contributed by atoms with Gasteiger partial charge in [-0.2, -0.15) is 0 Å². The first kappa shape index (κ1) is 23.3. The fourth-order valence-corrected chi connectivity index (χ4v) is 4.73. The maximum atomic E-state index is 13.1. The minimum atomic E-state index is -0.352. The molecule has 2 aromatic rings. The second-order valence-electron chi connectivity index (χ2n) is 8.80. The predicted molar refractivity (Wildman–Crippen MR) is 129 cm³/mol. The quantitative estimate of drug-likeness (QED) is 0.731. The molecule has 2 aromatic carbocycles. The molecule has 1 atom stereocenters. The Morgan fingerprint density at radius 2 is 1.70 bits per heavy atom. The van der Waals surface area contributed by atoms with Crippen LogP contribution in [0.25, 0.3) is 0 Å². The Balaban J connectivity index is 1.28. The summed E-state index contributed by atoms with van der Waals surface area (Å²) in [6.45, 7) is 6.99. The summed E-state index contributed by atoms with van der Waals surface area (Å²) < 4.78 is 0. The highest BCUT2D eigenvalue weighted by Crippen LogP contribution is 2.28. The van der Waals surface area contributed by atoms with Gasteiger partial charge >= 0.3 is 0 Å². The van der Waals surface area contributed by atoms with E-state index in [2.05, 4.69) is 10.2 Å². The molecule has 8 heteroatoms. The first-order valence-electron chi connectivity index (χ1n) is 11.2. The Labute approximate surface area is 199 Å². The molecular formula is C25H29ClN4O3. The molecule has 1 N–H and O–H groups in total. The summed E-state index contributed by atoms with van der Waals surface area (Å²) in [6.07, 6.45) is 0.212. The molecule has 3 amide bonds. The van der Waals surface area contributed by atoms with Crippen LogP contribution in [0.2, 0.25) is 5.02 Å². The van der Waals surface area contributed by atoms with Crippen molar-refractivity contribution >= 4 is 40.7 Å². The molecule has 1 unspecified atom stereocenters. The van der Waals surface area contributed by atoms with Crippen LogP contribution >= 0.6 is 11.6 Å². The number of hydrogen-bond acceptors (Lipinski definition) is 4. The fourth-order valence-electron chi connectivity index (χ4n) is 4.54. The lowest BCUT2D eigenvalue weighted by atomic mass is 10.1. The van der Waals surface area contributed by atoms with Crippen molar-refractivity contribution in [1.29, 1.82) is 0 Å². The number of piperazine rings is 1. The van der Waals surface area contributed by atoms with Gasteiger partial charge in [-0.25, -0.2) is 0 Å².